The van der Waals surface area contributed by atoms with E-state index in [4.69, 9.17) is 4.18 Å². The summed E-state index contributed by atoms with van der Waals surface area (Å²) in [6.07, 6.45) is 0. The van der Waals surface area contributed by atoms with E-state index < -0.39 is 21.4 Å². The van der Waals surface area contributed by atoms with E-state index in [1.54, 1.807) is 18.2 Å². The zero-order valence-corrected chi connectivity index (χ0v) is 14.3. The van der Waals surface area contributed by atoms with Crippen LogP contribution in [-0.4, -0.2) is 18.4 Å². The highest BCUT2D eigenvalue weighted by atomic mass is 127. The first kappa shape index (κ1) is 15.7. The van der Waals surface area contributed by atoms with Gasteiger partial charge in [0.05, 0.1) is 10.9 Å². The molecule has 1 aromatic heterocycles. The Morgan fingerprint density at radius 2 is 1.78 bits per heavy atom. The third-order valence-electron chi connectivity index (χ3n) is 3.00. The molecule has 0 saturated carbocycles. The van der Waals surface area contributed by atoms with E-state index in [0.29, 0.717) is 0 Å². The van der Waals surface area contributed by atoms with Gasteiger partial charge in [0.1, 0.15) is 10.6 Å². The molecule has 0 aliphatic heterocycles. The molecule has 1 heterocycles. The van der Waals surface area contributed by atoms with Gasteiger partial charge >= 0.3 is 15.8 Å². The predicted octanol–water partition coefficient (Wildman–Crippen LogP) is 1.59. The fourth-order valence-corrected chi connectivity index (χ4v) is 3.46. The van der Waals surface area contributed by atoms with Crippen LogP contribution in [0.15, 0.2) is 56.9 Å². The second-order valence-corrected chi connectivity index (χ2v) is 7.40. The third kappa shape index (κ3) is 3.29. The van der Waals surface area contributed by atoms with E-state index in [2.05, 4.69) is 4.98 Å². The Hall–Kier alpha value is -2.14. The summed E-state index contributed by atoms with van der Waals surface area (Å²) < 4.78 is 30.5. The smallest absolute Gasteiger partial charge is 0.339 e. The van der Waals surface area contributed by atoms with Gasteiger partial charge in [0, 0.05) is 3.57 Å². The first-order valence-corrected chi connectivity index (χ1v) is 8.80. The standard InChI is InChI=1S/C14H9IN2O5S/c15-8-2-1-3-9(6-8)22-23(20,21)10-4-5-12-11(7-10)13(18)17-14(19)16-12/h1-7H,(H2,16,17,18,19). The van der Waals surface area contributed by atoms with Crippen LogP contribution in [0.4, 0.5) is 0 Å². The molecule has 0 radical (unpaired) electrons. The second kappa shape index (κ2) is 5.81. The van der Waals surface area contributed by atoms with Crippen LogP contribution >= 0.6 is 22.6 Å². The van der Waals surface area contributed by atoms with Crippen LogP contribution in [0, 0.1) is 3.57 Å². The van der Waals surface area contributed by atoms with Crippen molar-refractivity contribution in [2.24, 2.45) is 0 Å². The largest absolute Gasteiger partial charge is 0.379 e. The molecule has 2 aromatic carbocycles. The number of nitrogens with one attached hydrogen (secondary N) is 2. The van der Waals surface area contributed by atoms with Gasteiger partial charge in [-0.25, -0.2) is 4.79 Å². The Morgan fingerprint density at radius 3 is 2.52 bits per heavy atom. The maximum Gasteiger partial charge on any atom is 0.339 e. The molecule has 0 unspecified atom stereocenters. The molecule has 0 saturated heterocycles. The van der Waals surface area contributed by atoms with Crippen LogP contribution in [0.3, 0.4) is 0 Å². The van der Waals surface area contributed by atoms with Crippen molar-refractivity contribution in [3.8, 4) is 5.75 Å². The summed E-state index contributed by atoms with van der Waals surface area (Å²) in [5, 5.41) is 0.0527. The van der Waals surface area contributed by atoms with E-state index in [0.717, 1.165) is 9.64 Å². The van der Waals surface area contributed by atoms with Crippen molar-refractivity contribution in [1.29, 1.82) is 0 Å². The number of rotatable bonds is 3. The average Bonchev–Trinajstić information content (AvgIpc) is 2.46. The number of aromatic amines is 2. The minimum Gasteiger partial charge on any atom is -0.379 e. The molecule has 0 aliphatic rings. The summed E-state index contributed by atoms with van der Waals surface area (Å²) in [5.74, 6) is 0.173. The fraction of sp³-hybridized carbons (Fsp3) is 0. The van der Waals surface area contributed by atoms with Crippen LogP contribution in [0.5, 0.6) is 5.75 Å². The van der Waals surface area contributed by atoms with Crippen LogP contribution in [0.1, 0.15) is 0 Å². The number of benzene rings is 2. The van der Waals surface area contributed by atoms with Gasteiger partial charge in [0.2, 0.25) is 0 Å². The van der Waals surface area contributed by atoms with E-state index in [1.807, 2.05) is 27.6 Å². The van der Waals surface area contributed by atoms with Crippen LogP contribution in [0.2, 0.25) is 0 Å². The lowest BCUT2D eigenvalue weighted by atomic mass is 10.2. The highest BCUT2D eigenvalue weighted by Gasteiger charge is 2.18. The van der Waals surface area contributed by atoms with Crippen LogP contribution in [0.25, 0.3) is 10.9 Å². The molecule has 3 rings (SSSR count). The number of fused-ring (bicyclic) bond motifs is 1. The summed E-state index contributed by atoms with van der Waals surface area (Å²) >= 11 is 2.04. The van der Waals surface area contributed by atoms with Crippen molar-refractivity contribution in [3.63, 3.8) is 0 Å². The molecule has 0 amide bonds. The Kier molecular flexibility index (Phi) is 3.98. The van der Waals surface area contributed by atoms with Gasteiger partial charge in [-0.2, -0.15) is 8.42 Å². The lowest BCUT2D eigenvalue weighted by molar-refractivity contribution is 0.486. The molecule has 3 aromatic rings. The summed E-state index contributed by atoms with van der Waals surface area (Å²) in [5.41, 5.74) is -1.09. The van der Waals surface area contributed by atoms with Crippen molar-refractivity contribution in [3.05, 3.63) is 66.9 Å². The molecule has 7 nitrogen and oxygen atoms in total. The Morgan fingerprint density at radius 1 is 1.00 bits per heavy atom. The van der Waals surface area contributed by atoms with Crippen molar-refractivity contribution >= 4 is 43.6 Å². The van der Waals surface area contributed by atoms with Gasteiger partial charge < -0.3 is 9.17 Å². The number of H-pyrrole nitrogens is 2. The van der Waals surface area contributed by atoms with Gasteiger partial charge in [-0.05, 0) is 59.0 Å². The molecule has 0 fully saturated rings. The summed E-state index contributed by atoms with van der Waals surface area (Å²) in [4.78, 5) is 27.3. The number of aromatic nitrogens is 2. The predicted molar refractivity (Wildman–Crippen MR) is 92.2 cm³/mol. The molecule has 0 bridgehead atoms. The van der Waals surface area contributed by atoms with Crippen molar-refractivity contribution in [2.45, 2.75) is 4.90 Å². The van der Waals surface area contributed by atoms with Crippen LogP contribution in [-0.2, 0) is 10.1 Å². The molecule has 2 N–H and O–H groups in total. The topological polar surface area (TPSA) is 109 Å². The molecule has 0 aliphatic carbocycles. The molecular weight excluding hydrogens is 435 g/mol. The highest BCUT2D eigenvalue weighted by Crippen LogP contribution is 2.21. The quantitative estimate of drug-likeness (QED) is 0.471. The third-order valence-corrected chi connectivity index (χ3v) is 4.92. The highest BCUT2D eigenvalue weighted by molar-refractivity contribution is 14.1. The van der Waals surface area contributed by atoms with Gasteiger partial charge in [0.25, 0.3) is 5.56 Å². The minimum absolute atomic E-state index is 0.0527. The molecule has 0 spiro atoms. The summed E-state index contributed by atoms with van der Waals surface area (Å²) in [6, 6.07) is 10.3. The van der Waals surface area contributed by atoms with Gasteiger partial charge in [0.15, 0.2) is 0 Å². The lowest BCUT2D eigenvalue weighted by Gasteiger charge is -2.08. The van der Waals surface area contributed by atoms with Crippen LogP contribution < -0.4 is 15.4 Å². The second-order valence-electron chi connectivity index (χ2n) is 4.61. The minimum atomic E-state index is -4.10. The normalized spacial score (nSPS) is 11.5. The van der Waals surface area contributed by atoms with E-state index in [-0.39, 0.29) is 21.5 Å². The zero-order valence-electron chi connectivity index (χ0n) is 11.4. The monoisotopic (exact) mass is 444 g/mol. The number of hydrogen-bond donors (Lipinski definition) is 2. The molecular formula is C14H9IN2O5S. The Bertz CT molecular complexity index is 1120. The van der Waals surface area contributed by atoms with Gasteiger partial charge in [-0.3, -0.25) is 9.78 Å². The molecule has 0 atom stereocenters. The van der Waals surface area contributed by atoms with Crippen molar-refractivity contribution < 1.29 is 12.6 Å². The number of halogens is 1. The summed E-state index contributed by atoms with van der Waals surface area (Å²) in [6.45, 7) is 0. The summed E-state index contributed by atoms with van der Waals surface area (Å²) in [7, 11) is -4.10. The Balaban J connectivity index is 2.08. The molecule has 9 heteroatoms. The molecule has 118 valence electrons. The Labute approximate surface area is 143 Å². The van der Waals surface area contributed by atoms with E-state index in [9.17, 15) is 18.0 Å². The van der Waals surface area contributed by atoms with E-state index >= 15 is 0 Å². The fourth-order valence-electron chi connectivity index (χ4n) is 1.99. The zero-order chi connectivity index (χ0) is 16.6. The van der Waals surface area contributed by atoms with E-state index in [1.165, 1.54) is 18.2 Å². The van der Waals surface area contributed by atoms with Gasteiger partial charge in [-0.1, -0.05) is 6.07 Å². The number of hydrogen-bond acceptors (Lipinski definition) is 5. The van der Waals surface area contributed by atoms with Crippen molar-refractivity contribution in [2.75, 3.05) is 0 Å². The maximum absolute atomic E-state index is 12.3. The first-order valence-electron chi connectivity index (χ1n) is 6.31. The molecule has 23 heavy (non-hydrogen) atoms. The first-order chi connectivity index (χ1) is 10.8. The lowest BCUT2D eigenvalue weighted by Crippen LogP contribution is -2.22. The maximum atomic E-state index is 12.3. The average molecular weight is 444 g/mol. The SMILES string of the molecule is O=c1[nH]c(=O)c2cc(S(=O)(=O)Oc3cccc(I)c3)ccc2[nH]1. The van der Waals surface area contributed by atoms with Crippen molar-refractivity contribution in [1.82, 2.24) is 9.97 Å². The van der Waals surface area contributed by atoms with Gasteiger partial charge in [-0.15, -0.1) is 0 Å².